The minimum Gasteiger partial charge on any atom is -0.322 e. The van der Waals surface area contributed by atoms with Crippen LogP contribution in [0.3, 0.4) is 0 Å². The molecule has 0 aliphatic heterocycles. The summed E-state index contributed by atoms with van der Waals surface area (Å²) >= 11 is 3.26. The Morgan fingerprint density at radius 3 is 2.80 bits per heavy atom. The molecule has 0 fully saturated rings. The lowest BCUT2D eigenvalue weighted by molar-refractivity contribution is -0.116. The summed E-state index contributed by atoms with van der Waals surface area (Å²) in [6, 6.07) is 7.54. The summed E-state index contributed by atoms with van der Waals surface area (Å²) in [6.07, 6.45) is 1.52. The Kier molecular flexibility index (Phi) is 4.34. The molecule has 0 atom stereocenters. The van der Waals surface area contributed by atoms with Gasteiger partial charge in [-0.15, -0.1) is 0 Å². The number of aryl methyl sites for hydroxylation is 1. The first-order chi connectivity index (χ1) is 9.47. The van der Waals surface area contributed by atoms with Crippen molar-refractivity contribution < 1.29 is 9.18 Å². The van der Waals surface area contributed by atoms with Crippen LogP contribution in [0.15, 0.2) is 45.8 Å². The van der Waals surface area contributed by atoms with Gasteiger partial charge in [0.2, 0.25) is 5.91 Å². The van der Waals surface area contributed by atoms with Gasteiger partial charge >= 0.3 is 0 Å². The van der Waals surface area contributed by atoms with E-state index in [0.29, 0.717) is 10.0 Å². The van der Waals surface area contributed by atoms with E-state index in [4.69, 9.17) is 0 Å². The molecule has 1 amide bonds. The number of amides is 1. The van der Waals surface area contributed by atoms with Crippen LogP contribution >= 0.6 is 15.9 Å². The minimum atomic E-state index is -0.515. The number of halogens is 2. The summed E-state index contributed by atoms with van der Waals surface area (Å²) < 4.78 is 15.4. The minimum absolute atomic E-state index is 0.0947. The first-order valence-electron chi connectivity index (χ1n) is 5.88. The van der Waals surface area contributed by atoms with Gasteiger partial charge in [0, 0.05) is 16.2 Å². The van der Waals surface area contributed by atoms with Crippen LogP contribution in [-0.2, 0) is 11.3 Å². The largest absolute Gasteiger partial charge is 0.322 e. The Balaban J connectivity index is 2.17. The zero-order chi connectivity index (χ0) is 14.7. The number of pyridine rings is 1. The van der Waals surface area contributed by atoms with Gasteiger partial charge in [0.1, 0.15) is 12.4 Å². The van der Waals surface area contributed by atoms with E-state index in [1.807, 2.05) is 0 Å². The molecule has 2 aromatic rings. The number of nitrogens with zero attached hydrogens (tertiary/aromatic N) is 1. The van der Waals surface area contributed by atoms with Gasteiger partial charge in [0.05, 0.1) is 5.69 Å². The Labute approximate surface area is 123 Å². The van der Waals surface area contributed by atoms with Gasteiger partial charge in [-0.05, 0) is 41.1 Å². The highest BCUT2D eigenvalue weighted by Gasteiger charge is 2.09. The Morgan fingerprint density at radius 2 is 2.10 bits per heavy atom. The van der Waals surface area contributed by atoms with E-state index in [-0.39, 0.29) is 17.8 Å². The first kappa shape index (κ1) is 14.5. The van der Waals surface area contributed by atoms with E-state index in [1.165, 1.54) is 29.0 Å². The molecule has 20 heavy (non-hydrogen) atoms. The van der Waals surface area contributed by atoms with Gasteiger partial charge < -0.3 is 9.88 Å². The van der Waals surface area contributed by atoms with E-state index < -0.39 is 11.7 Å². The normalized spacial score (nSPS) is 10.3. The predicted molar refractivity (Wildman–Crippen MR) is 78.2 cm³/mol. The lowest BCUT2D eigenvalue weighted by atomic mass is 10.3. The van der Waals surface area contributed by atoms with Gasteiger partial charge in [-0.3, -0.25) is 9.59 Å². The third-order valence-corrected chi connectivity index (χ3v) is 3.13. The molecule has 6 heteroatoms. The van der Waals surface area contributed by atoms with Crippen molar-refractivity contribution in [3.8, 4) is 0 Å². The lowest BCUT2D eigenvalue weighted by Crippen LogP contribution is -2.28. The molecule has 1 heterocycles. The van der Waals surface area contributed by atoms with Crippen LogP contribution < -0.4 is 10.9 Å². The number of nitrogens with one attached hydrogen (secondary N) is 1. The van der Waals surface area contributed by atoms with Crippen molar-refractivity contribution >= 4 is 27.5 Å². The van der Waals surface area contributed by atoms with Gasteiger partial charge in [0.15, 0.2) is 0 Å². The molecule has 0 spiro atoms. The lowest BCUT2D eigenvalue weighted by Gasteiger charge is -2.09. The molecule has 0 saturated carbocycles. The fourth-order valence-corrected chi connectivity index (χ4v) is 2.35. The quantitative estimate of drug-likeness (QED) is 0.935. The molecule has 0 aliphatic rings. The summed E-state index contributed by atoms with van der Waals surface area (Å²) in [6.45, 7) is 1.49. The number of rotatable bonds is 3. The van der Waals surface area contributed by atoms with Crippen LogP contribution in [0.5, 0.6) is 0 Å². The summed E-state index contributed by atoms with van der Waals surface area (Å²) in [5.41, 5.74) is 0.368. The van der Waals surface area contributed by atoms with Crippen LogP contribution in [0.2, 0.25) is 0 Å². The fraction of sp³-hybridized carbons (Fsp3) is 0.143. The molecule has 1 aromatic carbocycles. The molecule has 2 rings (SSSR count). The number of para-hydroxylation sites is 1. The highest BCUT2D eigenvalue weighted by molar-refractivity contribution is 9.10. The second-order valence-electron chi connectivity index (χ2n) is 4.30. The highest BCUT2D eigenvalue weighted by atomic mass is 79.9. The number of benzene rings is 1. The van der Waals surface area contributed by atoms with Crippen molar-refractivity contribution in [2.24, 2.45) is 0 Å². The zero-order valence-corrected chi connectivity index (χ0v) is 12.3. The molecule has 0 aliphatic carbocycles. The molecule has 4 nitrogen and oxygen atoms in total. The molecule has 0 unspecified atom stereocenters. The average molecular weight is 339 g/mol. The van der Waals surface area contributed by atoms with Crippen LogP contribution in [0.4, 0.5) is 10.1 Å². The fourth-order valence-electron chi connectivity index (χ4n) is 1.76. The van der Waals surface area contributed by atoms with Crippen molar-refractivity contribution in [2.75, 3.05) is 5.32 Å². The predicted octanol–water partition coefficient (Wildman–Crippen LogP) is 2.70. The Bertz CT molecular complexity index is 713. The van der Waals surface area contributed by atoms with E-state index in [0.717, 1.165) is 0 Å². The second kappa shape index (κ2) is 6.00. The van der Waals surface area contributed by atoms with E-state index in [9.17, 15) is 14.0 Å². The molecule has 0 saturated heterocycles. The van der Waals surface area contributed by atoms with Crippen molar-refractivity contribution in [3.05, 3.63) is 62.7 Å². The number of anilines is 1. The van der Waals surface area contributed by atoms with Crippen molar-refractivity contribution in [3.63, 3.8) is 0 Å². The van der Waals surface area contributed by atoms with Crippen LogP contribution in [-0.4, -0.2) is 10.5 Å². The van der Waals surface area contributed by atoms with E-state index in [1.54, 1.807) is 19.1 Å². The third-order valence-electron chi connectivity index (χ3n) is 2.69. The topological polar surface area (TPSA) is 51.1 Å². The summed E-state index contributed by atoms with van der Waals surface area (Å²) in [7, 11) is 0. The summed E-state index contributed by atoms with van der Waals surface area (Å²) in [5.74, 6) is -0.978. The molecular weight excluding hydrogens is 327 g/mol. The van der Waals surface area contributed by atoms with Crippen molar-refractivity contribution in [2.45, 2.75) is 13.5 Å². The molecule has 0 radical (unpaired) electrons. The third kappa shape index (κ3) is 3.33. The van der Waals surface area contributed by atoms with Crippen LogP contribution in [0.1, 0.15) is 5.56 Å². The number of carbonyl (C=O) groups is 1. The number of carbonyl (C=O) groups excluding carboxylic acids is 1. The van der Waals surface area contributed by atoms with Crippen molar-refractivity contribution in [1.82, 2.24) is 4.57 Å². The highest BCUT2D eigenvalue weighted by Crippen LogP contribution is 2.12. The number of hydrogen-bond acceptors (Lipinski definition) is 2. The number of aromatic nitrogens is 1. The van der Waals surface area contributed by atoms with Gasteiger partial charge in [0.25, 0.3) is 5.56 Å². The summed E-state index contributed by atoms with van der Waals surface area (Å²) in [4.78, 5) is 23.7. The van der Waals surface area contributed by atoms with E-state index >= 15 is 0 Å². The first-order valence-corrected chi connectivity index (χ1v) is 6.67. The van der Waals surface area contributed by atoms with Crippen molar-refractivity contribution in [1.29, 1.82) is 0 Å². The Morgan fingerprint density at radius 1 is 1.40 bits per heavy atom. The smallest absolute Gasteiger partial charge is 0.253 e. The molecule has 0 bridgehead atoms. The molecule has 104 valence electrons. The molecular formula is C14H12BrFN2O2. The molecule has 1 N–H and O–H groups in total. The number of hydrogen-bond donors (Lipinski definition) is 1. The summed E-state index contributed by atoms with van der Waals surface area (Å²) in [5, 5.41) is 2.44. The SMILES string of the molecule is Cc1cc(Br)cn(CC(=O)Nc2ccccc2F)c1=O. The Hall–Kier alpha value is -1.95. The maximum absolute atomic E-state index is 13.4. The maximum atomic E-state index is 13.4. The van der Waals surface area contributed by atoms with Gasteiger partial charge in [-0.2, -0.15) is 0 Å². The molecule has 1 aromatic heterocycles. The monoisotopic (exact) mass is 338 g/mol. The van der Waals surface area contributed by atoms with Crippen LogP contribution in [0.25, 0.3) is 0 Å². The standard InChI is InChI=1S/C14H12BrFN2O2/c1-9-6-10(15)7-18(14(9)20)8-13(19)17-12-5-3-2-4-11(12)16/h2-7H,8H2,1H3,(H,17,19). The average Bonchev–Trinajstić information content (AvgIpc) is 2.38. The van der Waals surface area contributed by atoms with Crippen LogP contribution in [0, 0.1) is 12.7 Å². The second-order valence-corrected chi connectivity index (χ2v) is 5.22. The maximum Gasteiger partial charge on any atom is 0.253 e. The zero-order valence-electron chi connectivity index (χ0n) is 10.7. The van der Waals surface area contributed by atoms with Gasteiger partial charge in [-0.1, -0.05) is 12.1 Å². The van der Waals surface area contributed by atoms with E-state index in [2.05, 4.69) is 21.2 Å². The van der Waals surface area contributed by atoms with Gasteiger partial charge in [-0.25, -0.2) is 4.39 Å².